The van der Waals surface area contributed by atoms with Crippen LogP contribution in [-0.4, -0.2) is 25.7 Å². The predicted molar refractivity (Wildman–Crippen MR) is 60.6 cm³/mol. The third-order valence-corrected chi connectivity index (χ3v) is 3.47. The minimum atomic E-state index is -0.130. The van der Waals surface area contributed by atoms with Gasteiger partial charge in [0.2, 0.25) is 0 Å². The fourth-order valence-electron chi connectivity index (χ4n) is 2.28. The van der Waals surface area contributed by atoms with Gasteiger partial charge in [-0.05, 0) is 31.7 Å². The summed E-state index contributed by atoms with van der Waals surface area (Å²) in [5.74, 6) is 1.50. The van der Waals surface area contributed by atoms with E-state index in [4.69, 9.17) is 0 Å². The van der Waals surface area contributed by atoms with Gasteiger partial charge in [-0.15, -0.1) is 0 Å². The van der Waals surface area contributed by atoms with E-state index in [1.165, 1.54) is 26.4 Å². The van der Waals surface area contributed by atoms with E-state index in [-0.39, 0.29) is 12.0 Å². The van der Waals surface area contributed by atoms with E-state index in [1.807, 2.05) is 6.92 Å². The van der Waals surface area contributed by atoms with Crippen molar-refractivity contribution in [2.45, 2.75) is 45.6 Å². The third-order valence-electron chi connectivity index (χ3n) is 3.47. The highest BCUT2D eigenvalue weighted by Gasteiger charge is 2.23. The van der Waals surface area contributed by atoms with Crippen LogP contribution in [0.1, 0.15) is 39.5 Å². The Morgan fingerprint density at radius 1 is 1.53 bits per heavy atom. The molecular formula is C12H23NO2. The molecule has 15 heavy (non-hydrogen) atoms. The van der Waals surface area contributed by atoms with Crippen molar-refractivity contribution in [1.82, 2.24) is 5.32 Å². The molecule has 0 aromatic carbocycles. The molecule has 3 nitrogen and oxygen atoms in total. The summed E-state index contributed by atoms with van der Waals surface area (Å²) < 4.78 is 4.63. The first-order chi connectivity index (χ1) is 7.13. The summed E-state index contributed by atoms with van der Waals surface area (Å²) in [6.07, 6.45) is 4.52. The SMILES string of the molecule is COC(=O)CC(C)NCC1CCCC1C. The van der Waals surface area contributed by atoms with Gasteiger partial charge in [-0.1, -0.05) is 19.8 Å². The minimum absolute atomic E-state index is 0.130. The molecule has 0 aromatic heterocycles. The van der Waals surface area contributed by atoms with Crippen molar-refractivity contribution < 1.29 is 9.53 Å². The van der Waals surface area contributed by atoms with Crippen LogP contribution in [0.15, 0.2) is 0 Å². The zero-order chi connectivity index (χ0) is 11.3. The van der Waals surface area contributed by atoms with Gasteiger partial charge in [-0.3, -0.25) is 4.79 Å². The Kier molecular flexibility index (Phi) is 5.09. The average molecular weight is 213 g/mol. The van der Waals surface area contributed by atoms with Crippen LogP contribution in [0.25, 0.3) is 0 Å². The molecule has 0 aromatic rings. The summed E-state index contributed by atoms with van der Waals surface area (Å²) >= 11 is 0. The summed E-state index contributed by atoms with van der Waals surface area (Å²) in [6.45, 7) is 5.40. The molecule has 3 unspecified atom stereocenters. The van der Waals surface area contributed by atoms with Crippen LogP contribution >= 0.6 is 0 Å². The molecule has 88 valence electrons. The molecule has 1 rings (SSSR count). The van der Waals surface area contributed by atoms with E-state index >= 15 is 0 Å². The van der Waals surface area contributed by atoms with Crippen molar-refractivity contribution in [3.63, 3.8) is 0 Å². The van der Waals surface area contributed by atoms with Gasteiger partial charge < -0.3 is 10.1 Å². The molecule has 1 aliphatic carbocycles. The van der Waals surface area contributed by atoms with Gasteiger partial charge in [-0.25, -0.2) is 0 Å². The molecule has 0 spiro atoms. The van der Waals surface area contributed by atoms with Crippen LogP contribution in [0.4, 0.5) is 0 Å². The Morgan fingerprint density at radius 2 is 2.27 bits per heavy atom. The van der Waals surface area contributed by atoms with Crippen LogP contribution in [-0.2, 0) is 9.53 Å². The number of methoxy groups -OCH3 is 1. The van der Waals surface area contributed by atoms with E-state index in [0.717, 1.165) is 18.4 Å². The van der Waals surface area contributed by atoms with Crippen LogP contribution in [0.2, 0.25) is 0 Å². The quantitative estimate of drug-likeness (QED) is 0.709. The molecular weight excluding hydrogens is 190 g/mol. The van der Waals surface area contributed by atoms with Gasteiger partial charge in [0.05, 0.1) is 13.5 Å². The second-order valence-electron chi connectivity index (χ2n) is 4.76. The molecule has 0 aliphatic heterocycles. The first kappa shape index (κ1) is 12.5. The number of esters is 1. The van der Waals surface area contributed by atoms with E-state index in [9.17, 15) is 4.79 Å². The van der Waals surface area contributed by atoms with Crippen molar-refractivity contribution in [3.05, 3.63) is 0 Å². The molecule has 0 saturated heterocycles. The summed E-state index contributed by atoms with van der Waals surface area (Å²) in [7, 11) is 1.44. The molecule has 1 aliphatic rings. The normalized spacial score (nSPS) is 27.7. The van der Waals surface area contributed by atoms with Gasteiger partial charge in [0.1, 0.15) is 0 Å². The highest BCUT2D eigenvalue weighted by atomic mass is 16.5. The predicted octanol–water partition coefficient (Wildman–Crippen LogP) is 1.96. The topological polar surface area (TPSA) is 38.3 Å². The maximum absolute atomic E-state index is 11.0. The number of nitrogens with one attached hydrogen (secondary N) is 1. The van der Waals surface area contributed by atoms with Crippen LogP contribution in [0.3, 0.4) is 0 Å². The Balaban J connectivity index is 2.15. The molecule has 3 heteroatoms. The lowest BCUT2D eigenvalue weighted by molar-refractivity contribution is -0.141. The molecule has 0 radical (unpaired) electrons. The molecule has 0 bridgehead atoms. The van der Waals surface area contributed by atoms with Crippen molar-refractivity contribution in [1.29, 1.82) is 0 Å². The van der Waals surface area contributed by atoms with Gasteiger partial charge >= 0.3 is 5.97 Å². The molecule has 0 heterocycles. The highest BCUT2D eigenvalue weighted by molar-refractivity contribution is 5.69. The number of ether oxygens (including phenoxy) is 1. The lowest BCUT2D eigenvalue weighted by atomic mass is 9.98. The Hall–Kier alpha value is -0.570. The molecule has 3 atom stereocenters. The fourth-order valence-corrected chi connectivity index (χ4v) is 2.28. The third kappa shape index (κ3) is 4.20. The number of rotatable bonds is 5. The van der Waals surface area contributed by atoms with Gasteiger partial charge in [0.25, 0.3) is 0 Å². The Labute approximate surface area is 92.6 Å². The van der Waals surface area contributed by atoms with Crippen LogP contribution < -0.4 is 5.32 Å². The highest BCUT2D eigenvalue weighted by Crippen LogP contribution is 2.30. The minimum Gasteiger partial charge on any atom is -0.469 e. The summed E-state index contributed by atoms with van der Waals surface area (Å²) in [6, 6.07) is 0.227. The monoisotopic (exact) mass is 213 g/mol. The summed E-state index contributed by atoms with van der Waals surface area (Å²) in [5.41, 5.74) is 0. The second kappa shape index (κ2) is 6.11. The maximum atomic E-state index is 11.0. The van der Waals surface area contributed by atoms with E-state index < -0.39 is 0 Å². The number of hydrogen-bond acceptors (Lipinski definition) is 3. The lowest BCUT2D eigenvalue weighted by Crippen LogP contribution is -2.33. The number of carbonyl (C=O) groups is 1. The second-order valence-corrected chi connectivity index (χ2v) is 4.76. The zero-order valence-electron chi connectivity index (χ0n) is 10.1. The lowest BCUT2D eigenvalue weighted by Gasteiger charge is -2.19. The van der Waals surface area contributed by atoms with Gasteiger partial charge in [0, 0.05) is 6.04 Å². The first-order valence-electron chi connectivity index (χ1n) is 5.93. The van der Waals surface area contributed by atoms with Crippen LogP contribution in [0, 0.1) is 11.8 Å². The van der Waals surface area contributed by atoms with E-state index in [1.54, 1.807) is 0 Å². The van der Waals surface area contributed by atoms with E-state index in [2.05, 4.69) is 17.0 Å². The van der Waals surface area contributed by atoms with Crippen molar-refractivity contribution in [2.75, 3.05) is 13.7 Å². The van der Waals surface area contributed by atoms with Crippen molar-refractivity contribution in [2.24, 2.45) is 11.8 Å². The van der Waals surface area contributed by atoms with Crippen molar-refractivity contribution in [3.8, 4) is 0 Å². The summed E-state index contributed by atoms with van der Waals surface area (Å²) in [4.78, 5) is 11.0. The molecule has 1 fully saturated rings. The average Bonchev–Trinajstić information content (AvgIpc) is 2.61. The van der Waals surface area contributed by atoms with Gasteiger partial charge in [-0.2, -0.15) is 0 Å². The Morgan fingerprint density at radius 3 is 2.80 bits per heavy atom. The molecule has 1 saturated carbocycles. The fraction of sp³-hybridized carbons (Fsp3) is 0.917. The Bertz CT molecular complexity index is 206. The van der Waals surface area contributed by atoms with Crippen LogP contribution in [0.5, 0.6) is 0 Å². The number of hydrogen-bond donors (Lipinski definition) is 1. The van der Waals surface area contributed by atoms with E-state index in [0.29, 0.717) is 6.42 Å². The van der Waals surface area contributed by atoms with Gasteiger partial charge in [0.15, 0.2) is 0 Å². The maximum Gasteiger partial charge on any atom is 0.307 e. The number of carbonyl (C=O) groups excluding carboxylic acids is 1. The smallest absolute Gasteiger partial charge is 0.307 e. The largest absolute Gasteiger partial charge is 0.469 e. The van der Waals surface area contributed by atoms with Crippen molar-refractivity contribution >= 4 is 5.97 Å². The molecule has 0 amide bonds. The zero-order valence-corrected chi connectivity index (χ0v) is 10.1. The standard InChI is InChI=1S/C12H23NO2/c1-9-5-4-6-11(9)8-13-10(2)7-12(14)15-3/h9-11,13H,4-8H2,1-3H3. The summed E-state index contributed by atoms with van der Waals surface area (Å²) in [5, 5.41) is 3.42. The first-order valence-corrected chi connectivity index (χ1v) is 5.93. The molecule has 1 N–H and O–H groups in total.